The average Bonchev–Trinajstić information content (AvgIpc) is 3.43. The summed E-state index contributed by atoms with van der Waals surface area (Å²) < 4.78 is 10.5. The Bertz CT molecular complexity index is 1080. The Hall–Kier alpha value is -3.39. The first kappa shape index (κ1) is 18.9. The van der Waals surface area contributed by atoms with E-state index in [2.05, 4.69) is 5.16 Å². The first-order valence-electron chi connectivity index (χ1n) is 9.02. The van der Waals surface area contributed by atoms with Gasteiger partial charge in [-0.3, -0.25) is 14.5 Å². The largest absolute Gasteiger partial charge is 0.507 e. The first-order valence-corrected chi connectivity index (χ1v) is 9.90. The molecule has 1 fully saturated rings. The summed E-state index contributed by atoms with van der Waals surface area (Å²) >= 11 is 1.39. The van der Waals surface area contributed by atoms with Crippen molar-refractivity contribution in [2.45, 2.75) is 19.9 Å². The van der Waals surface area contributed by atoms with Crippen LogP contribution in [0.2, 0.25) is 0 Å². The number of benzene rings is 1. The van der Waals surface area contributed by atoms with Crippen LogP contribution in [0.3, 0.4) is 0 Å². The van der Waals surface area contributed by atoms with Gasteiger partial charge in [0.15, 0.2) is 5.82 Å². The molecule has 4 rings (SSSR count). The van der Waals surface area contributed by atoms with Crippen LogP contribution in [-0.4, -0.2) is 28.6 Å². The molecule has 1 aliphatic rings. The van der Waals surface area contributed by atoms with Crippen molar-refractivity contribution in [1.29, 1.82) is 0 Å². The second-order valence-corrected chi connectivity index (χ2v) is 7.42. The monoisotopic (exact) mass is 410 g/mol. The maximum absolute atomic E-state index is 12.9. The molecule has 0 bridgehead atoms. The van der Waals surface area contributed by atoms with Crippen molar-refractivity contribution < 1.29 is 24.0 Å². The van der Waals surface area contributed by atoms with E-state index in [0.29, 0.717) is 23.7 Å². The van der Waals surface area contributed by atoms with Crippen molar-refractivity contribution in [3.05, 3.63) is 69.6 Å². The Balaban J connectivity index is 1.85. The molecule has 2 aromatic heterocycles. The molecule has 1 N–H and O–H groups in total. The number of aromatic nitrogens is 1. The minimum atomic E-state index is -0.786. The van der Waals surface area contributed by atoms with Crippen LogP contribution in [0.5, 0.6) is 5.75 Å². The minimum absolute atomic E-state index is 0.0160. The van der Waals surface area contributed by atoms with E-state index >= 15 is 0 Å². The zero-order valence-electron chi connectivity index (χ0n) is 15.8. The van der Waals surface area contributed by atoms with E-state index in [9.17, 15) is 14.7 Å². The van der Waals surface area contributed by atoms with Gasteiger partial charge in [0.2, 0.25) is 0 Å². The fourth-order valence-electron chi connectivity index (χ4n) is 3.28. The summed E-state index contributed by atoms with van der Waals surface area (Å²) in [5, 5.41) is 16.7. The predicted octanol–water partition coefficient (Wildman–Crippen LogP) is 4.07. The maximum Gasteiger partial charge on any atom is 0.301 e. The molecule has 1 unspecified atom stereocenters. The number of carbonyl (C=O) groups is 2. The zero-order valence-corrected chi connectivity index (χ0v) is 16.6. The van der Waals surface area contributed by atoms with Crippen LogP contribution in [0.4, 0.5) is 5.82 Å². The summed E-state index contributed by atoms with van der Waals surface area (Å²) in [6, 6.07) is 11.1. The number of thiophene rings is 1. The lowest BCUT2D eigenvalue weighted by molar-refractivity contribution is -0.132. The van der Waals surface area contributed by atoms with Crippen molar-refractivity contribution in [3.8, 4) is 5.75 Å². The molecule has 3 aromatic rings. The standard InChI is InChI=1S/C21H18N2O5S/c1-3-27-14-8-6-13(7-9-14)19(24)17-18(15-5-4-10-29-15)23(21(26)20(17)25)16-11-12(2)28-22-16/h4-11,18,24H,3H2,1-2H3/b19-17+. The summed E-state index contributed by atoms with van der Waals surface area (Å²) in [6.45, 7) is 4.10. The van der Waals surface area contributed by atoms with E-state index in [1.165, 1.54) is 16.2 Å². The molecule has 29 heavy (non-hydrogen) atoms. The first-order chi connectivity index (χ1) is 14.0. The summed E-state index contributed by atoms with van der Waals surface area (Å²) in [6.07, 6.45) is 0. The Kier molecular flexibility index (Phi) is 4.94. The fourth-order valence-corrected chi connectivity index (χ4v) is 4.11. The molecule has 1 aromatic carbocycles. The topological polar surface area (TPSA) is 92.9 Å². The number of carbonyl (C=O) groups excluding carboxylic acids is 2. The molecular weight excluding hydrogens is 392 g/mol. The summed E-state index contributed by atoms with van der Waals surface area (Å²) in [5.74, 6) is -0.378. The maximum atomic E-state index is 12.9. The molecule has 1 aliphatic heterocycles. The molecule has 1 amide bonds. The van der Waals surface area contributed by atoms with Gasteiger partial charge < -0.3 is 14.4 Å². The number of aryl methyl sites for hydroxylation is 1. The van der Waals surface area contributed by atoms with Gasteiger partial charge >= 0.3 is 5.91 Å². The highest BCUT2D eigenvalue weighted by Crippen LogP contribution is 2.43. The van der Waals surface area contributed by atoms with Gasteiger partial charge in [-0.25, -0.2) is 0 Å². The van der Waals surface area contributed by atoms with E-state index in [4.69, 9.17) is 9.26 Å². The number of anilines is 1. The van der Waals surface area contributed by atoms with E-state index in [1.54, 1.807) is 37.3 Å². The third kappa shape index (κ3) is 3.31. The van der Waals surface area contributed by atoms with Crippen LogP contribution >= 0.6 is 11.3 Å². The summed E-state index contributed by atoms with van der Waals surface area (Å²) in [5.41, 5.74) is 0.437. The third-order valence-electron chi connectivity index (χ3n) is 4.56. The molecule has 0 aliphatic carbocycles. The number of aliphatic hydroxyl groups is 1. The molecule has 1 atom stereocenters. The smallest absolute Gasteiger partial charge is 0.301 e. The molecule has 8 heteroatoms. The van der Waals surface area contributed by atoms with Gasteiger partial charge in [-0.05, 0) is 49.6 Å². The van der Waals surface area contributed by atoms with Gasteiger partial charge in [0, 0.05) is 16.5 Å². The fraction of sp³-hybridized carbons (Fsp3) is 0.190. The second-order valence-electron chi connectivity index (χ2n) is 6.44. The quantitative estimate of drug-likeness (QED) is 0.387. The van der Waals surface area contributed by atoms with Crippen LogP contribution in [-0.2, 0) is 9.59 Å². The molecule has 7 nitrogen and oxygen atoms in total. The number of aliphatic hydroxyl groups excluding tert-OH is 1. The highest BCUT2D eigenvalue weighted by atomic mass is 32.1. The lowest BCUT2D eigenvalue weighted by Gasteiger charge is -2.21. The van der Waals surface area contributed by atoms with Gasteiger partial charge in [-0.1, -0.05) is 11.2 Å². The van der Waals surface area contributed by atoms with Crippen molar-refractivity contribution in [2.24, 2.45) is 0 Å². The van der Waals surface area contributed by atoms with Crippen LogP contribution < -0.4 is 9.64 Å². The second kappa shape index (κ2) is 7.56. The van der Waals surface area contributed by atoms with E-state index < -0.39 is 17.7 Å². The Morgan fingerprint density at radius 3 is 2.62 bits per heavy atom. The number of nitrogens with zero attached hydrogens (tertiary/aromatic N) is 2. The average molecular weight is 410 g/mol. The molecule has 0 saturated carbocycles. The highest BCUT2D eigenvalue weighted by Gasteiger charge is 2.48. The molecular formula is C21H18N2O5S. The number of ketones is 1. The van der Waals surface area contributed by atoms with Gasteiger partial charge in [-0.2, -0.15) is 0 Å². The van der Waals surface area contributed by atoms with Crippen molar-refractivity contribution in [2.75, 3.05) is 11.5 Å². The summed E-state index contributed by atoms with van der Waals surface area (Å²) in [4.78, 5) is 27.7. The van der Waals surface area contributed by atoms with Gasteiger partial charge in [0.25, 0.3) is 5.78 Å². The van der Waals surface area contributed by atoms with Gasteiger partial charge in [0.1, 0.15) is 23.3 Å². The lowest BCUT2D eigenvalue weighted by atomic mass is 10.00. The Morgan fingerprint density at radius 1 is 1.28 bits per heavy atom. The molecule has 0 radical (unpaired) electrons. The zero-order chi connectivity index (χ0) is 20.5. The van der Waals surface area contributed by atoms with Crippen LogP contribution in [0, 0.1) is 6.92 Å². The minimum Gasteiger partial charge on any atom is -0.507 e. The number of hydrogen-bond acceptors (Lipinski definition) is 7. The Morgan fingerprint density at radius 2 is 2.03 bits per heavy atom. The molecule has 0 spiro atoms. The molecule has 3 heterocycles. The van der Waals surface area contributed by atoms with E-state index in [-0.39, 0.29) is 17.2 Å². The van der Waals surface area contributed by atoms with Gasteiger partial charge in [0.05, 0.1) is 12.2 Å². The Labute approximate surface area is 170 Å². The van der Waals surface area contributed by atoms with Crippen molar-refractivity contribution >= 4 is 34.6 Å². The van der Waals surface area contributed by atoms with Crippen LogP contribution in [0.15, 0.2) is 57.9 Å². The van der Waals surface area contributed by atoms with Crippen molar-refractivity contribution in [1.82, 2.24) is 5.16 Å². The van der Waals surface area contributed by atoms with Crippen LogP contribution in [0.1, 0.15) is 29.2 Å². The third-order valence-corrected chi connectivity index (χ3v) is 5.48. The van der Waals surface area contributed by atoms with E-state index in [0.717, 1.165) is 4.88 Å². The lowest BCUT2D eigenvalue weighted by Crippen LogP contribution is -2.29. The number of ether oxygens (including phenoxy) is 1. The number of amides is 1. The predicted molar refractivity (Wildman–Crippen MR) is 108 cm³/mol. The number of Topliss-reactive ketones (excluding diaryl/α,β-unsaturated/α-hetero) is 1. The highest BCUT2D eigenvalue weighted by molar-refractivity contribution is 7.10. The van der Waals surface area contributed by atoms with E-state index in [1.807, 2.05) is 24.4 Å². The molecule has 148 valence electrons. The normalized spacial score (nSPS) is 18.4. The van der Waals surface area contributed by atoms with Gasteiger partial charge in [-0.15, -0.1) is 11.3 Å². The van der Waals surface area contributed by atoms with Crippen molar-refractivity contribution in [3.63, 3.8) is 0 Å². The number of rotatable bonds is 5. The van der Waals surface area contributed by atoms with Crippen LogP contribution in [0.25, 0.3) is 5.76 Å². The SMILES string of the molecule is CCOc1ccc(/C(O)=C2\C(=O)C(=O)N(c3cc(C)on3)C2c2cccs2)cc1. The summed E-state index contributed by atoms with van der Waals surface area (Å²) in [7, 11) is 0. The number of hydrogen-bond donors (Lipinski definition) is 1. The molecule has 1 saturated heterocycles.